The fourth-order valence-corrected chi connectivity index (χ4v) is 3.02. The van der Waals surface area contributed by atoms with E-state index in [1.807, 2.05) is 29.8 Å². The maximum atomic E-state index is 9.19. The molecule has 0 saturated carbocycles. The van der Waals surface area contributed by atoms with Crippen molar-refractivity contribution in [3.63, 3.8) is 0 Å². The van der Waals surface area contributed by atoms with E-state index >= 15 is 0 Å². The van der Waals surface area contributed by atoms with Crippen molar-refractivity contribution in [2.45, 2.75) is 6.92 Å². The van der Waals surface area contributed by atoms with E-state index in [4.69, 9.17) is 0 Å². The minimum atomic E-state index is 0.604. The molecular weight excluding hydrogens is 314 g/mol. The van der Waals surface area contributed by atoms with E-state index in [9.17, 15) is 5.26 Å². The smallest absolute Gasteiger partial charge is 0.142 e. The van der Waals surface area contributed by atoms with Crippen molar-refractivity contribution in [1.29, 1.82) is 5.26 Å². The highest BCUT2D eigenvalue weighted by Gasteiger charge is 2.14. The van der Waals surface area contributed by atoms with E-state index in [0.717, 1.165) is 26.9 Å². The van der Waals surface area contributed by atoms with E-state index in [1.54, 1.807) is 6.07 Å². The Kier molecular flexibility index (Phi) is 3.07. The molecule has 1 aromatic heterocycles. The normalized spacial score (nSPS) is 10.7. The van der Waals surface area contributed by atoms with Gasteiger partial charge in [0.15, 0.2) is 0 Å². The molecule has 20 heavy (non-hydrogen) atoms. The highest BCUT2D eigenvalue weighted by atomic mass is 79.9. The second kappa shape index (κ2) is 4.77. The maximum absolute atomic E-state index is 9.19. The van der Waals surface area contributed by atoms with Gasteiger partial charge in [0.2, 0.25) is 0 Å². The predicted octanol–water partition coefficient (Wildman–Crippen LogP) is 4.18. The minimum Gasteiger partial charge on any atom is -0.327 e. The molecule has 0 aliphatic rings. The number of fused-ring (bicyclic) bond motifs is 1. The lowest BCUT2D eigenvalue weighted by atomic mass is 10.1. The Morgan fingerprint density at radius 3 is 2.75 bits per heavy atom. The van der Waals surface area contributed by atoms with Gasteiger partial charge in [-0.2, -0.15) is 5.26 Å². The second-order valence-electron chi connectivity index (χ2n) is 4.76. The molecule has 0 radical (unpaired) electrons. The number of benzene rings is 2. The van der Waals surface area contributed by atoms with Crippen LogP contribution in [0.2, 0.25) is 0 Å². The molecule has 0 N–H and O–H groups in total. The number of aryl methyl sites for hydroxylation is 2. The summed E-state index contributed by atoms with van der Waals surface area (Å²) in [5.74, 6) is 0.856. The SMILES string of the molecule is Cc1ccc(-c2nc3c(C#N)cccc3n2C)c(Br)c1. The Balaban J connectivity index is 2.33. The number of aromatic nitrogens is 2. The number of para-hydroxylation sites is 1. The summed E-state index contributed by atoms with van der Waals surface area (Å²) in [5.41, 5.74) is 4.54. The lowest BCUT2D eigenvalue weighted by Gasteiger charge is -2.05. The Bertz CT molecular complexity index is 856. The van der Waals surface area contributed by atoms with Gasteiger partial charge in [0.05, 0.1) is 11.1 Å². The zero-order valence-corrected chi connectivity index (χ0v) is 12.8. The van der Waals surface area contributed by atoms with Crippen molar-refractivity contribution in [1.82, 2.24) is 9.55 Å². The van der Waals surface area contributed by atoms with Crippen LogP contribution in [-0.4, -0.2) is 9.55 Å². The summed E-state index contributed by atoms with van der Waals surface area (Å²) in [6, 6.07) is 14.0. The Morgan fingerprint density at radius 2 is 2.05 bits per heavy atom. The lowest BCUT2D eigenvalue weighted by Crippen LogP contribution is -1.93. The fourth-order valence-electron chi connectivity index (χ4n) is 2.35. The van der Waals surface area contributed by atoms with Crippen LogP contribution >= 0.6 is 15.9 Å². The van der Waals surface area contributed by atoms with Gasteiger partial charge in [0, 0.05) is 17.1 Å². The van der Waals surface area contributed by atoms with Crippen LogP contribution in [-0.2, 0) is 7.05 Å². The third-order valence-electron chi connectivity index (χ3n) is 3.40. The molecule has 0 aliphatic heterocycles. The van der Waals surface area contributed by atoms with E-state index in [2.05, 4.69) is 46.0 Å². The second-order valence-corrected chi connectivity index (χ2v) is 5.62. The van der Waals surface area contributed by atoms with Gasteiger partial charge in [-0.3, -0.25) is 0 Å². The maximum Gasteiger partial charge on any atom is 0.142 e. The predicted molar refractivity (Wildman–Crippen MR) is 83.3 cm³/mol. The summed E-state index contributed by atoms with van der Waals surface area (Å²) in [6.07, 6.45) is 0. The van der Waals surface area contributed by atoms with Gasteiger partial charge in [-0.15, -0.1) is 0 Å². The van der Waals surface area contributed by atoms with Crippen LogP contribution in [0.25, 0.3) is 22.4 Å². The standard InChI is InChI=1S/C16H12BrN3/c1-10-6-7-12(13(17)8-10)16-19-15-11(9-18)4-3-5-14(15)20(16)2/h3-8H,1-2H3. The third-order valence-corrected chi connectivity index (χ3v) is 4.05. The molecule has 3 nitrogen and oxygen atoms in total. The van der Waals surface area contributed by atoms with Crippen LogP contribution in [0.4, 0.5) is 0 Å². The van der Waals surface area contributed by atoms with Crippen molar-refractivity contribution in [3.8, 4) is 17.5 Å². The number of nitrogens with zero attached hydrogens (tertiary/aromatic N) is 3. The number of hydrogen-bond acceptors (Lipinski definition) is 2. The topological polar surface area (TPSA) is 41.6 Å². The van der Waals surface area contributed by atoms with Crippen molar-refractivity contribution in [2.24, 2.45) is 7.05 Å². The number of nitriles is 1. The molecule has 0 amide bonds. The van der Waals surface area contributed by atoms with Crippen LogP contribution in [0.15, 0.2) is 40.9 Å². The molecule has 0 fully saturated rings. The van der Waals surface area contributed by atoms with Gasteiger partial charge < -0.3 is 4.57 Å². The first kappa shape index (κ1) is 12.9. The lowest BCUT2D eigenvalue weighted by molar-refractivity contribution is 0.958. The summed E-state index contributed by atoms with van der Waals surface area (Å²) >= 11 is 3.59. The molecule has 0 saturated heterocycles. The van der Waals surface area contributed by atoms with Gasteiger partial charge in [-0.05, 0) is 36.8 Å². The van der Waals surface area contributed by atoms with Crippen molar-refractivity contribution in [3.05, 3.63) is 52.0 Å². The molecule has 4 heteroatoms. The van der Waals surface area contributed by atoms with Crippen LogP contribution in [0.5, 0.6) is 0 Å². The van der Waals surface area contributed by atoms with Crippen LogP contribution < -0.4 is 0 Å². The van der Waals surface area contributed by atoms with Gasteiger partial charge in [0.25, 0.3) is 0 Å². The van der Waals surface area contributed by atoms with Crippen molar-refractivity contribution in [2.75, 3.05) is 0 Å². The number of hydrogen-bond donors (Lipinski definition) is 0. The van der Waals surface area contributed by atoms with Crippen molar-refractivity contribution >= 4 is 27.0 Å². The summed E-state index contributed by atoms with van der Waals surface area (Å²) < 4.78 is 3.03. The average molecular weight is 326 g/mol. The molecular formula is C16H12BrN3. The van der Waals surface area contributed by atoms with Crippen LogP contribution in [0.1, 0.15) is 11.1 Å². The minimum absolute atomic E-state index is 0.604. The Hall–Kier alpha value is -2.12. The summed E-state index contributed by atoms with van der Waals surface area (Å²) in [4.78, 5) is 4.65. The largest absolute Gasteiger partial charge is 0.327 e. The zero-order valence-electron chi connectivity index (χ0n) is 11.2. The Morgan fingerprint density at radius 1 is 1.25 bits per heavy atom. The van der Waals surface area contributed by atoms with E-state index in [0.29, 0.717) is 5.56 Å². The molecule has 1 heterocycles. The molecule has 98 valence electrons. The monoisotopic (exact) mass is 325 g/mol. The molecule has 0 atom stereocenters. The summed E-state index contributed by atoms with van der Waals surface area (Å²) in [5, 5.41) is 9.19. The molecule has 3 aromatic rings. The molecule has 3 rings (SSSR count). The van der Waals surface area contributed by atoms with E-state index < -0.39 is 0 Å². The molecule has 0 aliphatic carbocycles. The number of halogens is 1. The van der Waals surface area contributed by atoms with Crippen LogP contribution in [0, 0.1) is 18.3 Å². The third kappa shape index (κ3) is 1.91. The average Bonchev–Trinajstić information content (AvgIpc) is 2.76. The first-order chi connectivity index (χ1) is 9.61. The van der Waals surface area contributed by atoms with Gasteiger partial charge in [-0.1, -0.05) is 28.1 Å². The van der Waals surface area contributed by atoms with E-state index in [1.165, 1.54) is 5.56 Å². The molecule has 0 bridgehead atoms. The van der Waals surface area contributed by atoms with Gasteiger partial charge in [0.1, 0.15) is 17.4 Å². The van der Waals surface area contributed by atoms with Crippen LogP contribution in [0.3, 0.4) is 0 Å². The fraction of sp³-hybridized carbons (Fsp3) is 0.125. The van der Waals surface area contributed by atoms with E-state index in [-0.39, 0.29) is 0 Å². The Labute approximate surface area is 125 Å². The van der Waals surface area contributed by atoms with Gasteiger partial charge >= 0.3 is 0 Å². The highest BCUT2D eigenvalue weighted by molar-refractivity contribution is 9.10. The van der Waals surface area contributed by atoms with Gasteiger partial charge in [-0.25, -0.2) is 4.98 Å². The molecule has 2 aromatic carbocycles. The highest BCUT2D eigenvalue weighted by Crippen LogP contribution is 2.31. The zero-order chi connectivity index (χ0) is 14.3. The molecule has 0 unspecified atom stereocenters. The number of rotatable bonds is 1. The summed E-state index contributed by atoms with van der Waals surface area (Å²) in [6.45, 7) is 2.05. The summed E-state index contributed by atoms with van der Waals surface area (Å²) in [7, 11) is 1.97. The number of imidazole rings is 1. The van der Waals surface area contributed by atoms with Crippen molar-refractivity contribution < 1.29 is 0 Å². The quantitative estimate of drug-likeness (QED) is 0.673. The molecule has 0 spiro atoms. The first-order valence-electron chi connectivity index (χ1n) is 6.24. The first-order valence-corrected chi connectivity index (χ1v) is 7.03.